The van der Waals surface area contributed by atoms with E-state index in [9.17, 15) is 14.4 Å². The van der Waals surface area contributed by atoms with Crippen molar-refractivity contribution < 1.29 is 14.4 Å². The summed E-state index contributed by atoms with van der Waals surface area (Å²) in [6.07, 6.45) is 7.47. The third kappa shape index (κ3) is 7.37. The second-order valence-corrected chi connectivity index (χ2v) is 10.2. The van der Waals surface area contributed by atoms with Crippen LogP contribution in [-0.2, 0) is 4.79 Å². The van der Waals surface area contributed by atoms with E-state index in [0.717, 1.165) is 37.2 Å². The number of benzene rings is 2. The van der Waals surface area contributed by atoms with E-state index in [2.05, 4.69) is 22.1 Å². The van der Waals surface area contributed by atoms with Gasteiger partial charge >= 0.3 is 6.03 Å². The molecule has 1 saturated heterocycles. The molecule has 2 N–H and O–H groups in total. The maximum atomic E-state index is 12.9. The largest absolute Gasteiger partial charge is 0.368 e. The zero-order valence-electron chi connectivity index (χ0n) is 22.3. The highest BCUT2D eigenvalue weighted by molar-refractivity contribution is 5.99. The molecule has 2 aliphatic rings. The molecular weight excluding hydrogens is 478 g/mol. The van der Waals surface area contributed by atoms with Crippen LogP contribution in [0.5, 0.6) is 0 Å². The van der Waals surface area contributed by atoms with E-state index in [4.69, 9.17) is 0 Å². The summed E-state index contributed by atoms with van der Waals surface area (Å²) in [5.41, 5.74) is 3.34. The molecule has 4 amide bonds. The van der Waals surface area contributed by atoms with Crippen molar-refractivity contribution in [2.45, 2.75) is 45.1 Å². The number of hydrogen-bond acceptors (Lipinski definition) is 4. The van der Waals surface area contributed by atoms with E-state index in [1.807, 2.05) is 48.2 Å². The molecule has 202 valence electrons. The van der Waals surface area contributed by atoms with Crippen LogP contribution < -0.4 is 15.5 Å². The number of aryl methyl sites for hydroxylation is 1. The zero-order valence-corrected chi connectivity index (χ0v) is 22.3. The fourth-order valence-corrected chi connectivity index (χ4v) is 5.06. The van der Waals surface area contributed by atoms with Crippen LogP contribution in [0.15, 0.2) is 61.2 Å². The maximum Gasteiger partial charge on any atom is 0.317 e. The van der Waals surface area contributed by atoms with Gasteiger partial charge in [-0.25, -0.2) is 4.79 Å². The molecule has 0 atom stereocenters. The van der Waals surface area contributed by atoms with E-state index in [1.165, 1.54) is 24.2 Å². The molecule has 4 rings (SSSR count). The van der Waals surface area contributed by atoms with Gasteiger partial charge in [-0.2, -0.15) is 0 Å². The van der Waals surface area contributed by atoms with Gasteiger partial charge in [-0.1, -0.05) is 43.0 Å². The Hall–Kier alpha value is -3.81. The van der Waals surface area contributed by atoms with Crippen LogP contribution in [0.4, 0.5) is 16.2 Å². The molecule has 1 heterocycles. The van der Waals surface area contributed by atoms with Gasteiger partial charge in [0.1, 0.15) is 6.54 Å². The fraction of sp³-hybridized carbons (Fsp3) is 0.433. The number of carbonyl (C=O) groups is 3. The van der Waals surface area contributed by atoms with E-state index in [-0.39, 0.29) is 30.9 Å². The topological polar surface area (TPSA) is 85.0 Å². The highest BCUT2D eigenvalue weighted by atomic mass is 16.2. The molecule has 2 aromatic rings. The second-order valence-electron chi connectivity index (χ2n) is 10.2. The lowest BCUT2D eigenvalue weighted by Crippen LogP contribution is -2.53. The van der Waals surface area contributed by atoms with Crippen molar-refractivity contribution in [3.8, 4) is 0 Å². The fourth-order valence-electron chi connectivity index (χ4n) is 5.06. The van der Waals surface area contributed by atoms with Crippen LogP contribution in [0.2, 0.25) is 0 Å². The molecule has 1 aliphatic carbocycles. The third-order valence-corrected chi connectivity index (χ3v) is 7.29. The Morgan fingerprint density at radius 1 is 0.947 bits per heavy atom. The van der Waals surface area contributed by atoms with Crippen molar-refractivity contribution in [3.63, 3.8) is 0 Å². The SMILES string of the molecule is C=CCN(CC(=O)Nc1ccc(N2CCN(C(=O)NC3CCCCC3)CC2)cc1)C(=O)c1ccc(C)cc1. The molecule has 8 heteroatoms. The van der Waals surface area contributed by atoms with Crippen LogP contribution in [0, 0.1) is 6.92 Å². The molecule has 0 radical (unpaired) electrons. The van der Waals surface area contributed by atoms with Crippen molar-refractivity contribution >= 4 is 29.2 Å². The molecule has 0 unspecified atom stereocenters. The van der Waals surface area contributed by atoms with Gasteiger partial charge in [0.25, 0.3) is 5.91 Å². The number of amides is 4. The van der Waals surface area contributed by atoms with Gasteiger partial charge in [0, 0.05) is 55.7 Å². The highest BCUT2D eigenvalue weighted by Crippen LogP contribution is 2.21. The van der Waals surface area contributed by atoms with Crippen molar-refractivity contribution in [1.29, 1.82) is 0 Å². The molecule has 8 nitrogen and oxygen atoms in total. The number of nitrogens with zero attached hydrogens (tertiary/aromatic N) is 3. The van der Waals surface area contributed by atoms with Crippen LogP contribution in [-0.4, -0.2) is 73.0 Å². The molecule has 1 aliphatic heterocycles. The molecule has 0 spiro atoms. The van der Waals surface area contributed by atoms with E-state index >= 15 is 0 Å². The first-order chi connectivity index (χ1) is 18.4. The molecule has 1 saturated carbocycles. The summed E-state index contributed by atoms with van der Waals surface area (Å²) < 4.78 is 0. The number of carbonyl (C=O) groups excluding carboxylic acids is 3. The predicted octanol–water partition coefficient (Wildman–Crippen LogP) is 4.43. The third-order valence-electron chi connectivity index (χ3n) is 7.29. The summed E-state index contributed by atoms with van der Waals surface area (Å²) >= 11 is 0. The van der Waals surface area contributed by atoms with Crippen LogP contribution in [0.1, 0.15) is 48.0 Å². The summed E-state index contributed by atoms with van der Waals surface area (Å²) in [7, 11) is 0. The number of anilines is 2. The van der Waals surface area contributed by atoms with Gasteiger partial charge < -0.3 is 25.3 Å². The maximum absolute atomic E-state index is 12.9. The van der Waals surface area contributed by atoms with Gasteiger partial charge in [0.2, 0.25) is 5.91 Å². The first-order valence-corrected chi connectivity index (χ1v) is 13.6. The average Bonchev–Trinajstić information content (AvgIpc) is 2.94. The lowest BCUT2D eigenvalue weighted by atomic mass is 9.96. The Labute approximate surface area is 225 Å². The molecular formula is C30H39N5O3. The first-order valence-electron chi connectivity index (χ1n) is 13.6. The summed E-state index contributed by atoms with van der Waals surface area (Å²) in [6.45, 7) is 8.80. The van der Waals surface area contributed by atoms with E-state index < -0.39 is 0 Å². The molecule has 2 aromatic carbocycles. The Morgan fingerprint density at radius 3 is 2.24 bits per heavy atom. The second kappa shape index (κ2) is 13.1. The summed E-state index contributed by atoms with van der Waals surface area (Å²) in [5, 5.41) is 6.10. The summed E-state index contributed by atoms with van der Waals surface area (Å²) in [4.78, 5) is 43.9. The first kappa shape index (κ1) is 27.2. The Morgan fingerprint density at radius 2 is 1.61 bits per heavy atom. The van der Waals surface area contributed by atoms with Gasteiger partial charge in [0.15, 0.2) is 0 Å². The van der Waals surface area contributed by atoms with Gasteiger partial charge in [-0.15, -0.1) is 6.58 Å². The Kier molecular flexibility index (Phi) is 9.40. The van der Waals surface area contributed by atoms with E-state index in [1.54, 1.807) is 18.2 Å². The van der Waals surface area contributed by atoms with Crippen LogP contribution in [0.25, 0.3) is 0 Å². The lowest BCUT2D eigenvalue weighted by Gasteiger charge is -2.37. The number of urea groups is 1. The van der Waals surface area contributed by atoms with Crippen LogP contribution >= 0.6 is 0 Å². The average molecular weight is 518 g/mol. The number of hydrogen-bond donors (Lipinski definition) is 2. The molecule has 38 heavy (non-hydrogen) atoms. The smallest absolute Gasteiger partial charge is 0.317 e. The van der Waals surface area contributed by atoms with Crippen molar-refractivity contribution in [2.75, 3.05) is 49.5 Å². The Balaban J connectivity index is 1.25. The zero-order chi connectivity index (χ0) is 26.9. The molecule has 0 bridgehead atoms. The van der Waals surface area contributed by atoms with E-state index in [0.29, 0.717) is 30.4 Å². The Bertz CT molecular complexity index is 1100. The predicted molar refractivity (Wildman–Crippen MR) is 152 cm³/mol. The summed E-state index contributed by atoms with van der Waals surface area (Å²) in [6, 6.07) is 15.4. The number of nitrogens with one attached hydrogen (secondary N) is 2. The van der Waals surface area contributed by atoms with Crippen molar-refractivity contribution in [3.05, 3.63) is 72.3 Å². The number of rotatable bonds is 8. The number of piperazine rings is 1. The van der Waals surface area contributed by atoms with Gasteiger partial charge in [0.05, 0.1) is 0 Å². The minimum atomic E-state index is -0.266. The minimum absolute atomic E-state index is 0.0565. The van der Waals surface area contributed by atoms with Gasteiger partial charge in [-0.05, 0) is 56.2 Å². The molecule has 0 aromatic heterocycles. The minimum Gasteiger partial charge on any atom is -0.368 e. The molecule has 2 fully saturated rings. The van der Waals surface area contributed by atoms with Crippen LogP contribution in [0.3, 0.4) is 0 Å². The monoisotopic (exact) mass is 517 g/mol. The van der Waals surface area contributed by atoms with Crippen molar-refractivity contribution in [2.24, 2.45) is 0 Å². The highest BCUT2D eigenvalue weighted by Gasteiger charge is 2.24. The summed E-state index contributed by atoms with van der Waals surface area (Å²) in [5.74, 6) is -0.473. The lowest BCUT2D eigenvalue weighted by molar-refractivity contribution is -0.116. The normalized spacial score (nSPS) is 16.0. The van der Waals surface area contributed by atoms with Crippen molar-refractivity contribution in [1.82, 2.24) is 15.1 Å². The quantitative estimate of drug-likeness (QED) is 0.508. The standard InChI is InChI=1S/C30H39N5O3/c1-3-17-35(29(37)24-11-9-23(2)10-12-24)22-28(36)31-26-13-15-27(16-14-26)33-18-20-34(21-19-33)30(38)32-25-7-5-4-6-8-25/h3,9-16,25H,1,4-8,17-22H2,2H3,(H,31,36)(H,32,38). The van der Waals surface area contributed by atoms with Gasteiger partial charge in [-0.3, -0.25) is 9.59 Å².